The number of carbonyl (C=O) groups is 4. The maximum Gasteiger partial charge on any atom is 0.328 e. The van der Waals surface area contributed by atoms with Crippen molar-refractivity contribution in [3.63, 3.8) is 0 Å². The van der Waals surface area contributed by atoms with Gasteiger partial charge in [0, 0.05) is 17.1 Å². The average Bonchev–Trinajstić information content (AvgIpc) is 2.69. The minimum Gasteiger partial charge on any atom is -0.467 e. The lowest BCUT2D eigenvalue weighted by molar-refractivity contribution is -0.150. The van der Waals surface area contributed by atoms with E-state index in [0.717, 1.165) is 0 Å². The molecule has 0 radical (unpaired) electrons. The van der Waals surface area contributed by atoms with Crippen LogP contribution < -0.4 is 10.6 Å². The summed E-state index contributed by atoms with van der Waals surface area (Å²) in [5.74, 6) is -2.29. The third-order valence-electron chi connectivity index (χ3n) is 4.07. The van der Waals surface area contributed by atoms with Crippen molar-refractivity contribution >= 4 is 35.4 Å². The van der Waals surface area contributed by atoms with E-state index in [1.807, 2.05) is 6.92 Å². The lowest BCUT2D eigenvalue weighted by Crippen LogP contribution is -2.47. The molecule has 0 spiro atoms. The molecular weight excluding hydrogens is 388 g/mol. The van der Waals surface area contributed by atoms with E-state index >= 15 is 0 Å². The Morgan fingerprint density at radius 1 is 1.14 bits per heavy atom. The Hall–Kier alpha value is -2.61. The van der Waals surface area contributed by atoms with Gasteiger partial charge < -0.3 is 20.1 Å². The number of esters is 2. The number of hydrogen-bond donors (Lipinski definition) is 2. The Kier molecular flexibility index (Phi) is 10.0. The standard InChI is InChI=1S/C19H25ClN2O6/c1-4-12(2)17(19(26)27-3)22-15(23)11-28-16(24)9-10-21-18(25)13-5-7-14(20)8-6-13/h5-8,12,17H,4,9-11H2,1-3H3,(H,21,25)(H,22,23)/t12-,17-/m0/s1. The van der Waals surface area contributed by atoms with Crippen LogP contribution in [-0.2, 0) is 23.9 Å². The van der Waals surface area contributed by atoms with Crippen LogP contribution in [-0.4, -0.2) is 50.1 Å². The third kappa shape index (κ3) is 7.96. The molecule has 0 aliphatic rings. The van der Waals surface area contributed by atoms with E-state index in [-0.39, 0.29) is 24.8 Å². The predicted octanol–water partition coefficient (Wildman–Crippen LogP) is 1.71. The molecular formula is C19H25ClN2O6. The first-order valence-corrected chi connectivity index (χ1v) is 9.22. The summed E-state index contributed by atoms with van der Waals surface area (Å²) >= 11 is 5.75. The van der Waals surface area contributed by atoms with Crippen molar-refractivity contribution in [1.82, 2.24) is 10.6 Å². The van der Waals surface area contributed by atoms with Crippen molar-refractivity contribution in [3.8, 4) is 0 Å². The molecule has 2 atom stereocenters. The van der Waals surface area contributed by atoms with Crippen LogP contribution in [0.3, 0.4) is 0 Å². The number of carbonyl (C=O) groups excluding carboxylic acids is 4. The smallest absolute Gasteiger partial charge is 0.328 e. The summed E-state index contributed by atoms with van der Waals surface area (Å²) in [4.78, 5) is 47.3. The Morgan fingerprint density at radius 2 is 1.79 bits per heavy atom. The van der Waals surface area contributed by atoms with Crippen LogP contribution in [0.15, 0.2) is 24.3 Å². The fourth-order valence-electron chi connectivity index (χ4n) is 2.21. The fraction of sp³-hybridized carbons (Fsp3) is 0.474. The highest BCUT2D eigenvalue weighted by Gasteiger charge is 2.26. The molecule has 0 unspecified atom stereocenters. The first-order valence-electron chi connectivity index (χ1n) is 8.85. The number of amides is 2. The van der Waals surface area contributed by atoms with E-state index < -0.39 is 30.5 Å². The molecule has 0 bridgehead atoms. The summed E-state index contributed by atoms with van der Waals surface area (Å²) in [5, 5.41) is 5.59. The fourth-order valence-corrected chi connectivity index (χ4v) is 2.34. The summed E-state index contributed by atoms with van der Waals surface area (Å²) in [6, 6.07) is 5.50. The zero-order valence-electron chi connectivity index (χ0n) is 16.1. The van der Waals surface area contributed by atoms with Gasteiger partial charge in [0.25, 0.3) is 11.8 Å². The third-order valence-corrected chi connectivity index (χ3v) is 4.32. The van der Waals surface area contributed by atoms with Crippen molar-refractivity contribution in [2.45, 2.75) is 32.7 Å². The molecule has 1 aromatic rings. The minimum atomic E-state index is -0.806. The quantitative estimate of drug-likeness (QED) is 0.566. The molecule has 154 valence electrons. The summed E-state index contributed by atoms with van der Waals surface area (Å²) in [7, 11) is 1.24. The number of halogens is 1. The number of ether oxygens (including phenoxy) is 2. The van der Waals surface area contributed by atoms with Crippen LogP contribution >= 0.6 is 11.6 Å². The second-order valence-corrected chi connectivity index (χ2v) is 6.56. The SMILES string of the molecule is CC[C@H](C)[C@H](NC(=O)COC(=O)CCNC(=O)c1ccc(Cl)cc1)C(=O)OC. The molecule has 9 heteroatoms. The Bertz CT molecular complexity index is 692. The summed E-state index contributed by atoms with van der Waals surface area (Å²) < 4.78 is 9.53. The second-order valence-electron chi connectivity index (χ2n) is 6.13. The maximum atomic E-state index is 11.9. The molecule has 1 aromatic carbocycles. The molecule has 8 nitrogen and oxygen atoms in total. The normalized spacial score (nSPS) is 12.4. The largest absolute Gasteiger partial charge is 0.467 e. The summed E-state index contributed by atoms with van der Waals surface area (Å²) in [6.07, 6.45) is 0.561. The predicted molar refractivity (Wildman–Crippen MR) is 103 cm³/mol. The van der Waals surface area contributed by atoms with E-state index in [0.29, 0.717) is 17.0 Å². The molecule has 0 aliphatic heterocycles. The van der Waals surface area contributed by atoms with Gasteiger partial charge in [-0.05, 0) is 30.2 Å². The number of rotatable bonds is 10. The summed E-state index contributed by atoms with van der Waals surface area (Å²) in [6.45, 7) is 3.22. The average molecular weight is 413 g/mol. The highest BCUT2D eigenvalue weighted by Crippen LogP contribution is 2.10. The van der Waals surface area contributed by atoms with E-state index in [4.69, 9.17) is 16.3 Å². The Labute approximate surface area is 168 Å². The maximum absolute atomic E-state index is 11.9. The van der Waals surface area contributed by atoms with Crippen LogP contribution in [0.2, 0.25) is 5.02 Å². The molecule has 0 aromatic heterocycles. The number of hydrogen-bond acceptors (Lipinski definition) is 6. The van der Waals surface area contributed by atoms with Gasteiger partial charge in [-0.3, -0.25) is 14.4 Å². The molecule has 2 amide bonds. The van der Waals surface area contributed by atoms with E-state index in [1.165, 1.54) is 7.11 Å². The van der Waals surface area contributed by atoms with Crippen molar-refractivity contribution in [2.24, 2.45) is 5.92 Å². The highest BCUT2D eigenvalue weighted by molar-refractivity contribution is 6.30. The second kappa shape index (κ2) is 12.0. The molecule has 0 heterocycles. The molecule has 2 N–H and O–H groups in total. The van der Waals surface area contributed by atoms with Gasteiger partial charge in [-0.1, -0.05) is 31.9 Å². The number of nitrogens with one attached hydrogen (secondary N) is 2. The van der Waals surface area contributed by atoms with Gasteiger partial charge in [0.1, 0.15) is 6.04 Å². The Morgan fingerprint density at radius 3 is 2.36 bits per heavy atom. The van der Waals surface area contributed by atoms with Gasteiger partial charge in [0.2, 0.25) is 0 Å². The van der Waals surface area contributed by atoms with Crippen molar-refractivity contribution in [3.05, 3.63) is 34.9 Å². The molecule has 0 fully saturated rings. The van der Waals surface area contributed by atoms with Crippen molar-refractivity contribution in [2.75, 3.05) is 20.3 Å². The van der Waals surface area contributed by atoms with E-state index in [9.17, 15) is 19.2 Å². The zero-order chi connectivity index (χ0) is 21.1. The molecule has 0 saturated heterocycles. The first-order chi connectivity index (χ1) is 13.3. The van der Waals surface area contributed by atoms with Crippen molar-refractivity contribution < 1.29 is 28.7 Å². The van der Waals surface area contributed by atoms with Crippen LogP contribution in [0.4, 0.5) is 0 Å². The van der Waals surface area contributed by atoms with Gasteiger partial charge >= 0.3 is 11.9 Å². The van der Waals surface area contributed by atoms with Crippen molar-refractivity contribution in [1.29, 1.82) is 0 Å². The van der Waals surface area contributed by atoms with Crippen LogP contribution in [0.5, 0.6) is 0 Å². The molecule has 0 saturated carbocycles. The first kappa shape index (κ1) is 23.4. The number of methoxy groups -OCH3 is 1. The minimum absolute atomic E-state index is 0.0551. The van der Waals surface area contributed by atoms with Gasteiger partial charge in [-0.15, -0.1) is 0 Å². The van der Waals surface area contributed by atoms with Crippen LogP contribution in [0.1, 0.15) is 37.0 Å². The molecule has 28 heavy (non-hydrogen) atoms. The van der Waals surface area contributed by atoms with Gasteiger partial charge in [0.15, 0.2) is 6.61 Å². The van der Waals surface area contributed by atoms with Crippen LogP contribution in [0, 0.1) is 5.92 Å². The molecule has 0 aliphatic carbocycles. The van der Waals surface area contributed by atoms with Gasteiger partial charge in [0.05, 0.1) is 13.5 Å². The zero-order valence-corrected chi connectivity index (χ0v) is 16.9. The molecule has 1 rings (SSSR count). The van der Waals surface area contributed by atoms with E-state index in [2.05, 4.69) is 15.4 Å². The highest BCUT2D eigenvalue weighted by atomic mass is 35.5. The van der Waals surface area contributed by atoms with E-state index in [1.54, 1.807) is 31.2 Å². The lowest BCUT2D eigenvalue weighted by atomic mass is 9.99. The lowest BCUT2D eigenvalue weighted by Gasteiger charge is -2.21. The number of benzene rings is 1. The van der Waals surface area contributed by atoms with Crippen LogP contribution in [0.25, 0.3) is 0 Å². The Balaban J connectivity index is 2.35. The van der Waals surface area contributed by atoms with Gasteiger partial charge in [-0.2, -0.15) is 0 Å². The monoisotopic (exact) mass is 412 g/mol. The topological polar surface area (TPSA) is 111 Å². The summed E-state index contributed by atoms with van der Waals surface area (Å²) in [5.41, 5.74) is 0.413. The van der Waals surface area contributed by atoms with Gasteiger partial charge in [-0.25, -0.2) is 4.79 Å².